The van der Waals surface area contributed by atoms with Gasteiger partial charge in [-0.3, -0.25) is 0 Å². The maximum Gasteiger partial charge on any atom is 0.289 e. The molecule has 0 fully saturated rings. The quantitative estimate of drug-likeness (QED) is 0.616. The minimum absolute atomic E-state index is 0.536. The summed E-state index contributed by atoms with van der Waals surface area (Å²) in [5.74, 6) is -0.830. The zero-order valence-corrected chi connectivity index (χ0v) is 7.42. The highest BCUT2D eigenvalue weighted by atomic mass is 16.7. The highest BCUT2D eigenvalue weighted by Gasteiger charge is 2.41. The van der Waals surface area contributed by atoms with Gasteiger partial charge in [-0.25, -0.2) is 0 Å². The minimum atomic E-state index is -0.830. The normalized spacial score (nSPS) is 34.5. The van der Waals surface area contributed by atoms with Crippen LogP contribution in [0.2, 0.25) is 0 Å². The number of nitrogens with zero attached hydrogens (tertiary/aromatic N) is 2. The predicted octanol–water partition coefficient (Wildman–Crippen LogP) is 1.92. The van der Waals surface area contributed by atoms with Gasteiger partial charge in [-0.2, -0.15) is 5.11 Å². The van der Waals surface area contributed by atoms with Crippen molar-refractivity contribution in [1.82, 2.24) is 0 Å². The average molecular weight is 158 g/mol. The van der Waals surface area contributed by atoms with Crippen molar-refractivity contribution in [3.63, 3.8) is 0 Å². The van der Waals surface area contributed by atoms with E-state index in [-0.39, 0.29) is 0 Å². The lowest BCUT2D eigenvalue weighted by Gasteiger charge is -2.24. The van der Waals surface area contributed by atoms with Gasteiger partial charge in [0.25, 0.3) is 5.91 Å². The molecular formula is C7H14N2O2. The van der Waals surface area contributed by atoms with Crippen molar-refractivity contribution in [1.29, 1.82) is 0 Å². The van der Waals surface area contributed by atoms with Gasteiger partial charge >= 0.3 is 0 Å². The summed E-state index contributed by atoms with van der Waals surface area (Å²) in [6.07, 6.45) is 0.677. The average Bonchev–Trinajstić information content (AvgIpc) is 2.28. The molecule has 64 valence electrons. The van der Waals surface area contributed by atoms with E-state index in [2.05, 4.69) is 10.2 Å². The van der Waals surface area contributed by atoms with E-state index >= 15 is 0 Å². The maximum atomic E-state index is 5.48. The summed E-state index contributed by atoms with van der Waals surface area (Å²) >= 11 is 0. The summed E-state index contributed by atoms with van der Waals surface area (Å²) in [5, 5.41) is 7.88. The molecule has 0 saturated carbocycles. The maximum absolute atomic E-state index is 5.48. The highest BCUT2D eigenvalue weighted by Crippen LogP contribution is 2.33. The first kappa shape index (κ1) is 8.62. The summed E-state index contributed by atoms with van der Waals surface area (Å²) in [6, 6.07) is 0. The Kier molecular flexibility index (Phi) is 1.98. The third-order valence-electron chi connectivity index (χ3n) is 1.62. The fourth-order valence-electron chi connectivity index (χ4n) is 0.997. The van der Waals surface area contributed by atoms with Crippen molar-refractivity contribution in [2.45, 2.75) is 38.8 Å². The fraction of sp³-hybridized carbons (Fsp3) is 1.00. The molecule has 1 rings (SSSR count). The minimum Gasteiger partial charge on any atom is -0.334 e. The van der Waals surface area contributed by atoms with Crippen molar-refractivity contribution in [2.75, 3.05) is 7.11 Å². The Morgan fingerprint density at radius 3 is 2.18 bits per heavy atom. The number of methoxy groups -OCH3 is 1. The van der Waals surface area contributed by atoms with Crippen LogP contribution in [0.5, 0.6) is 0 Å². The number of ether oxygens (including phenoxy) is 2. The number of rotatable bonds is 2. The Hall–Kier alpha value is -0.480. The van der Waals surface area contributed by atoms with E-state index in [1.165, 1.54) is 0 Å². The van der Waals surface area contributed by atoms with Crippen molar-refractivity contribution >= 4 is 0 Å². The molecule has 0 aromatic rings. The standard InChI is InChI=1S/C7H14N2O2/c1-5-7(10-4)9-8-6(2,3)11-7/h5H2,1-4H3. The lowest BCUT2D eigenvalue weighted by molar-refractivity contribution is -0.239. The zero-order chi connectivity index (χ0) is 8.54. The smallest absolute Gasteiger partial charge is 0.289 e. The van der Waals surface area contributed by atoms with Crippen LogP contribution in [0, 0.1) is 0 Å². The van der Waals surface area contributed by atoms with Crippen LogP contribution >= 0.6 is 0 Å². The molecule has 11 heavy (non-hydrogen) atoms. The van der Waals surface area contributed by atoms with Gasteiger partial charge < -0.3 is 9.47 Å². The fourth-order valence-corrected chi connectivity index (χ4v) is 0.997. The molecule has 0 bridgehead atoms. The molecule has 1 aliphatic rings. The third-order valence-corrected chi connectivity index (χ3v) is 1.62. The van der Waals surface area contributed by atoms with E-state index in [0.717, 1.165) is 0 Å². The van der Waals surface area contributed by atoms with E-state index in [1.807, 2.05) is 20.8 Å². The van der Waals surface area contributed by atoms with E-state index in [0.29, 0.717) is 6.42 Å². The molecule has 1 atom stereocenters. The molecule has 0 saturated heterocycles. The molecule has 0 amide bonds. The SMILES string of the molecule is CCC1(OC)N=NC(C)(C)O1. The van der Waals surface area contributed by atoms with E-state index < -0.39 is 11.6 Å². The number of hydrogen-bond acceptors (Lipinski definition) is 4. The van der Waals surface area contributed by atoms with E-state index in [4.69, 9.17) is 9.47 Å². The first-order valence-corrected chi connectivity index (χ1v) is 3.73. The predicted molar refractivity (Wildman–Crippen MR) is 40.1 cm³/mol. The van der Waals surface area contributed by atoms with Gasteiger partial charge in [-0.15, -0.1) is 5.11 Å². The topological polar surface area (TPSA) is 43.2 Å². The third kappa shape index (κ3) is 1.57. The second-order valence-corrected chi connectivity index (χ2v) is 3.02. The second-order valence-electron chi connectivity index (χ2n) is 3.02. The second kappa shape index (κ2) is 2.53. The molecule has 0 aliphatic carbocycles. The molecule has 0 spiro atoms. The molecule has 1 unspecified atom stereocenters. The van der Waals surface area contributed by atoms with Crippen LogP contribution in [0.25, 0.3) is 0 Å². The number of hydrogen-bond donors (Lipinski definition) is 0. The van der Waals surface area contributed by atoms with Crippen molar-refractivity contribution in [2.24, 2.45) is 10.2 Å². The largest absolute Gasteiger partial charge is 0.334 e. The van der Waals surface area contributed by atoms with E-state index in [1.54, 1.807) is 7.11 Å². The molecular weight excluding hydrogens is 144 g/mol. The molecule has 0 radical (unpaired) electrons. The number of azo groups is 1. The van der Waals surface area contributed by atoms with Crippen LogP contribution in [-0.4, -0.2) is 18.7 Å². The van der Waals surface area contributed by atoms with Crippen molar-refractivity contribution in [3.8, 4) is 0 Å². The van der Waals surface area contributed by atoms with Crippen molar-refractivity contribution < 1.29 is 9.47 Å². The van der Waals surface area contributed by atoms with Gasteiger partial charge in [0.2, 0.25) is 0 Å². The Balaban J connectivity index is 2.73. The van der Waals surface area contributed by atoms with Gasteiger partial charge in [-0.1, -0.05) is 6.92 Å². The molecule has 1 heterocycles. The van der Waals surface area contributed by atoms with Crippen LogP contribution in [0.15, 0.2) is 10.2 Å². The van der Waals surface area contributed by atoms with Crippen LogP contribution in [0.1, 0.15) is 27.2 Å². The Morgan fingerprint density at radius 2 is 2.00 bits per heavy atom. The van der Waals surface area contributed by atoms with Gasteiger partial charge in [-0.05, 0) is 13.8 Å². The summed E-state index contributed by atoms with van der Waals surface area (Å²) in [6.45, 7) is 5.66. The summed E-state index contributed by atoms with van der Waals surface area (Å²) in [5.41, 5.74) is -0.536. The summed E-state index contributed by atoms with van der Waals surface area (Å²) in [4.78, 5) is 0. The molecule has 0 aromatic heterocycles. The van der Waals surface area contributed by atoms with Crippen molar-refractivity contribution in [3.05, 3.63) is 0 Å². The molecule has 1 aliphatic heterocycles. The molecule has 0 N–H and O–H groups in total. The van der Waals surface area contributed by atoms with E-state index in [9.17, 15) is 0 Å². The molecule has 4 nitrogen and oxygen atoms in total. The molecule has 4 heteroatoms. The van der Waals surface area contributed by atoms with Crippen LogP contribution in [-0.2, 0) is 9.47 Å². The molecule has 0 aromatic carbocycles. The Morgan fingerprint density at radius 1 is 1.36 bits per heavy atom. The van der Waals surface area contributed by atoms with Gasteiger partial charge in [0.15, 0.2) is 5.72 Å². The Bertz CT molecular complexity index is 173. The van der Waals surface area contributed by atoms with Crippen LogP contribution in [0.4, 0.5) is 0 Å². The van der Waals surface area contributed by atoms with Gasteiger partial charge in [0, 0.05) is 13.5 Å². The van der Waals surface area contributed by atoms with Crippen LogP contribution < -0.4 is 0 Å². The zero-order valence-electron chi connectivity index (χ0n) is 7.42. The highest BCUT2D eigenvalue weighted by molar-refractivity contribution is 4.77. The first-order valence-electron chi connectivity index (χ1n) is 3.73. The van der Waals surface area contributed by atoms with Crippen LogP contribution in [0.3, 0.4) is 0 Å². The summed E-state index contributed by atoms with van der Waals surface area (Å²) < 4.78 is 10.6. The first-order chi connectivity index (χ1) is 5.04. The monoisotopic (exact) mass is 158 g/mol. The Labute approximate surface area is 66.6 Å². The summed E-state index contributed by atoms with van der Waals surface area (Å²) in [7, 11) is 1.57. The van der Waals surface area contributed by atoms with Gasteiger partial charge in [0.05, 0.1) is 0 Å². The van der Waals surface area contributed by atoms with Gasteiger partial charge in [0.1, 0.15) is 0 Å². The lowest BCUT2D eigenvalue weighted by atomic mass is 10.3. The lowest BCUT2D eigenvalue weighted by Crippen LogP contribution is -2.34.